The van der Waals surface area contributed by atoms with E-state index < -0.39 is 0 Å². The van der Waals surface area contributed by atoms with Crippen molar-refractivity contribution in [1.82, 2.24) is 10.2 Å². The van der Waals surface area contributed by atoms with Gasteiger partial charge in [-0.25, -0.2) is 0 Å². The number of nitrogens with zero attached hydrogens (tertiary/aromatic N) is 1. The first-order valence-corrected chi connectivity index (χ1v) is 8.19. The lowest BCUT2D eigenvalue weighted by atomic mass is 10.1. The fourth-order valence-electron chi connectivity index (χ4n) is 2.70. The molecule has 2 atom stereocenters. The predicted molar refractivity (Wildman–Crippen MR) is 85.4 cm³/mol. The third-order valence-corrected chi connectivity index (χ3v) is 4.63. The molecule has 0 amide bonds. The average molecular weight is 325 g/mol. The number of hydrogen-bond donors (Lipinski definition) is 1. The van der Waals surface area contributed by atoms with E-state index in [4.69, 9.17) is 0 Å². The summed E-state index contributed by atoms with van der Waals surface area (Å²) >= 11 is 3.48. The van der Waals surface area contributed by atoms with E-state index in [2.05, 4.69) is 64.3 Å². The second kappa shape index (κ2) is 7.41. The average Bonchev–Trinajstić information content (AvgIpc) is 2.46. The van der Waals surface area contributed by atoms with E-state index in [-0.39, 0.29) is 0 Å². The largest absolute Gasteiger partial charge is 0.309 e. The van der Waals surface area contributed by atoms with Crippen molar-refractivity contribution in [1.29, 1.82) is 0 Å². The van der Waals surface area contributed by atoms with Crippen molar-refractivity contribution in [3.05, 3.63) is 34.3 Å². The zero-order valence-electron chi connectivity index (χ0n) is 12.0. The van der Waals surface area contributed by atoms with Gasteiger partial charge in [-0.1, -0.05) is 34.5 Å². The van der Waals surface area contributed by atoms with Gasteiger partial charge in [0.15, 0.2) is 0 Å². The Morgan fingerprint density at radius 2 is 1.74 bits per heavy atom. The molecule has 106 valence electrons. The van der Waals surface area contributed by atoms with Crippen molar-refractivity contribution >= 4 is 15.9 Å². The minimum atomic E-state index is 0.417. The monoisotopic (exact) mass is 324 g/mol. The van der Waals surface area contributed by atoms with Crippen molar-refractivity contribution in [2.24, 2.45) is 0 Å². The molecule has 0 saturated carbocycles. The molecule has 0 spiro atoms. The molecular weight excluding hydrogens is 300 g/mol. The molecule has 1 heterocycles. The fourth-order valence-corrected chi connectivity index (χ4v) is 2.97. The highest BCUT2D eigenvalue weighted by Crippen LogP contribution is 2.17. The molecule has 0 aromatic heterocycles. The lowest BCUT2D eigenvalue weighted by Crippen LogP contribution is -2.43. The van der Waals surface area contributed by atoms with E-state index >= 15 is 0 Å². The van der Waals surface area contributed by atoms with Crippen LogP contribution in [0, 0.1) is 0 Å². The topological polar surface area (TPSA) is 15.3 Å². The molecule has 1 aliphatic rings. The third kappa shape index (κ3) is 4.59. The maximum Gasteiger partial charge on any atom is 0.0292 e. The zero-order valence-corrected chi connectivity index (χ0v) is 13.6. The van der Waals surface area contributed by atoms with Crippen LogP contribution in [0.1, 0.15) is 44.7 Å². The summed E-state index contributed by atoms with van der Waals surface area (Å²) in [6, 6.07) is 9.66. The van der Waals surface area contributed by atoms with Gasteiger partial charge in [0.1, 0.15) is 0 Å². The standard InChI is InChI=1S/C16H25BrN2/c1-13(19-10-4-3-5-11-19)12-18-14(2)15-6-8-16(17)9-7-15/h6-9,13-14,18H,3-5,10-12H2,1-2H3. The normalized spacial score (nSPS) is 20.2. The molecule has 1 aliphatic heterocycles. The summed E-state index contributed by atoms with van der Waals surface area (Å²) in [5, 5.41) is 3.66. The highest BCUT2D eigenvalue weighted by atomic mass is 79.9. The van der Waals surface area contributed by atoms with Gasteiger partial charge in [0, 0.05) is 23.1 Å². The Labute approximate surface area is 125 Å². The Bertz CT molecular complexity index is 371. The Kier molecular flexibility index (Phi) is 5.86. The highest BCUT2D eigenvalue weighted by Gasteiger charge is 2.17. The molecule has 1 saturated heterocycles. The van der Waals surface area contributed by atoms with Gasteiger partial charge < -0.3 is 5.32 Å². The third-order valence-electron chi connectivity index (χ3n) is 4.10. The first-order valence-electron chi connectivity index (χ1n) is 7.39. The summed E-state index contributed by atoms with van der Waals surface area (Å²) < 4.78 is 1.14. The van der Waals surface area contributed by atoms with Crippen LogP contribution in [0.25, 0.3) is 0 Å². The Morgan fingerprint density at radius 3 is 2.37 bits per heavy atom. The van der Waals surface area contributed by atoms with E-state index in [0.29, 0.717) is 12.1 Å². The number of rotatable bonds is 5. The van der Waals surface area contributed by atoms with E-state index in [1.54, 1.807) is 0 Å². The van der Waals surface area contributed by atoms with E-state index in [1.165, 1.54) is 37.9 Å². The maximum atomic E-state index is 3.66. The van der Waals surface area contributed by atoms with Crippen molar-refractivity contribution in [3.63, 3.8) is 0 Å². The molecule has 0 radical (unpaired) electrons. The molecular formula is C16H25BrN2. The molecule has 1 fully saturated rings. The van der Waals surface area contributed by atoms with Gasteiger partial charge in [-0.2, -0.15) is 0 Å². The van der Waals surface area contributed by atoms with Gasteiger partial charge in [-0.05, 0) is 57.5 Å². The number of likely N-dealkylation sites (tertiary alicyclic amines) is 1. The van der Waals surface area contributed by atoms with Crippen molar-refractivity contribution < 1.29 is 0 Å². The summed E-state index contributed by atoms with van der Waals surface area (Å²) in [4.78, 5) is 2.62. The fraction of sp³-hybridized carbons (Fsp3) is 0.625. The zero-order chi connectivity index (χ0) is 13.7. The van der Waals surface area contributed by atoms with Crippen molar-refractivity contribution in [2.75, 3.05) is 19.6 Å². The van der Waals surface area contributed by atoms with Crippen LogP contribution in [-0.2, 0) is 0 Å². The second-order valence-electron chi connectivity index (χ2n) is 5.63. The maximum absolute atomic E-state index is 3.66. The summed E-state index contributed by atoms with van der Waals surface area (Å²) in [7, 11) is 0. The molecule has 2 rings (SSSR count). The SMILES string of the molecule is CC(NCC(C)N1CCCCC1)c1ccc(Br)cc1. The second-order valence-corrected chi connectivity index (χ2v) is 6.54. The van der Waals surface area contributed by atoms with Gasteiger partial charge in [-0.15, -0.1) is 0 Å². The summed E-state index contributed by atoms with van der Waals surface area (Å²) in [5.74, 6) is 0. The van der Waals surface area contributed by atoms with Crippen LogP contribution >= 0.6 is 15.9 Å². The minimum Gasteiger partial charge on any atom is -0.309 e. The lowest BCUT2D eigenvalue weighted by Gasteiger charge is -2.33. The van der Waals surface area contributed by atoms with Crippen molar-refractivity contribution in [3.8, 4) is 0 Å². The Balaban J connectivity index is 1.79. The van der Waals surface area contributed by atoms with Crippen LogP contribution in [0.2, 0.25) is 0 Å². The van der Waals surface area contributed by atoms with Crippen LogP contribution in [0.5, 0.6) is 0 Å². The number of halogens is 1. The number of nitrogens with one attached hydrogen (secondary N) is 1. The van der Waals surface area contributed by atoms with E-state index in [9.17, 15) is 0 Å². The first kappa shape index (κ1) is 15.0. The number of piperidine rings is 1. The first-order chi connectivity index (χ1) is 9.16. The molecule has 1 aromatic rings. The molecule has 0 aliphatic carbocycles. The number of hydrogen-bond acceptors (Lipinski definition) is 2. The number of benzene rings is 1. The lowest BCUT2D eigenvalue weighted by molar-refractivity contribution is 0.168. The predicted octanol–water partition coefficient (Wildman–Crippen LogP) is 3.97. The van der Waals surface area contributed by atoms with Gasteiger partial charge in [0.25, 0.3) is 0 Å². The molecule has 0 bridgehead atoms. The molecule has 2 nitrogen and oxygen atoms in total. The molecule has 3 heteroatoms. The van der Waals surface area contributed by atoms with E-state index in [1.807, 2.05) is 0 Å². The van der Waals surface area contributed by atoms with Crippen LogP contribution in [-0.4, -0.2) is 30.6 Å². The van der Waals surface area contributed by atoms with E-state index in [0.717, 1.165) is 11.0 Å². The van der Waals surface area contributed by atoms with Gasteiger partial charge in [0.05, 0.1) is 0 Å². The van der Waals surface area contributed by atoms with Crippen LogP contribution in [0.3, 0.4) is 0 Å². The quantitative estimate of drug-likeness (QED) is 0.881. The minimum absolute atomic E-state index is 0.417. The summed E-state index contributed by atoms with van der Waals surface area (Å²) in [5.41, 5.74) is 1.36. The van der Waals surface area contributed by atoms with Gasteiger partial charge >= 0.3 is 0 Å². The molecule has 19 heavy (non-hydrogen) atoms. The highest BCUT2D eigenvalue weighted by molar-refractivity contribution is 9.10. The Morgan fingerprint density at radius 1 is 1.11 bits per heavy atom. The van der Waals surface area contributed by atoms with Crippen molar-refractivity contribution in [2.45, 2.75) is 45.2 Å². The molecule has 1 N–H and O–H groups in total. The summed E-state index contributed by atoms with van der Waals surface area (Å²) in [6.07, 6.45) is 4.14. The molecule has 1 aromatic carbocycles. The van der Waals surface area contributed by atoms with Crippen LogP contribution in [0.4, 0.5) is 0 Å². The molecule has 2 unspecified atom stereocenters. The van der Waals surface area contributed by atoms with Gasteiger partial charge in [0.2, 0.25) is 0 Å². The van der Waals surface area contributed by atoms with Crippen LogP contribution < -0.4 is 5.32 Å². The Hall–Kier alpha value is -0.380. The van der Waals surface area contributed by atoms with Gasteiger partial charge in [-0.3, -0.25) is 4.90 Å². The van der Waals surface area contributed by atoms with Crippen LogP contribution in [0.15, 0.2) is 28.7 Å². The summed E-state index contributed by atoms with van der Waals surface area (Å²) in [6.45, 7) is 8.20. The smallest absolute Gasteiger partial charge is 0.0292 e.